The van der Waals surface area contributed by atoms with Gasteiger partial charge in [0.1, 0.15) is 0 Å². The van der Waals surface area contributed by atoms with Crippen LogP contribution in [-0.4, -0.2) is 26.3 Å². The van der Waals surface area contributed by atoms with Gasteiger partial charge >= 0.3 is 0 Å². The van der Waals surface area contributed by atoms with E-state index in [1.165, 1.54) is 57.9 Å². The standard InChI is InChI=1S/C14H29NO/c1-3-13-7-9-14(10-8-13)15-11-5-4-6-12-16-2/h13-15H,3-12H2,1-2H3. The van der Waals surface area contributed by atoms with Gasteiger partial charge < -0.3 is 10.1 Å². The van der Waals surface area contributed by atoms with Gasteiger partial charge in [0.05, 0.1) is 0 Å². The first-order chi connectivity index (χ1) is 7.86. The summed E-state index contributed by atoms with van der Waals surface area (Å²) in [7, 11) is 1.78. The van der Waals surface area contributed by atoms with Crippen LogP contribution in [0.3, 0.4) is 0 Å². The Hall–Kier alpha value is -0.0800. The van der Waals surface area contributed by atoms with Crippen molar-refractivity contribution in [3.05, 3.63) is 0 Å². The van der Waals surface area contributed by atoms with Crippen molar-refractivity contribution in [1.82, 2.24) is 5.32 Å². The normalized spacial score (nSPS) is 25.9. The highest BCUT2D eigenvalue weighted by Crippen LogP contribution is 2.26. The van der Waals surface area contributed by atoms with Crippen LogP contribution >= 0.6 is 0 Å². The zero-order chi connectivity index (χ0) is 11.6. The maximum atomic E-state index is 5.04. The molecule has 0 aliphatic heterocycles. The quantitative estimate of drug-likeness (QED) is 0.642. The van der Waals surface area contributed by atoms with Crippen LogP contribution < -0.4 is 5.32 Å². The number of unbranched alkanes of at least 4 members (excludes halogenated alkanes) is 2. The van der Waals surface area contributed by atoms with Crippen LogP contribution in [0.4, 0.5) is 0 Å². The summed E-state index contributed by atoms with van der Waals surface area (Å²) in [4.78, 5) is 0. The van der Waals surface area contributed by atoms with Crippen molar-refractivity contribution in [2.75, 3.05) is 20.3 Å². The Kier molecular flexibility index (Phi) is 7.87. The number of methoxy groups -OCH3 is 1. The van der Waals surface area contributed by atoms with E-state index in [1.54, 1.807) is 7.11 Å². The molecular formula is C14H29NO. The molecule has 0 bridgehead atoms. The molecule has 1 rings (SSSR count). The van der Waals surface area contributed by atoms with E-state index in [4.69, 9.17) is 4.74 Å². The second kappa shape index (κ2) is 9.00. The Morgan fingerprint density at radius 2 is 1.81 bits per heavy atom. The molecular weight excluding hydrogens is 198 g/mol. The van der Waals surface area contributed by atoms with E-state index in [1.807, 2.05) is 0 Å². The average Bonchev–Trinajstić information content (AvgIpc) is 2.34. The molecule has 1 aliphatic rings. The largest absolute Gasteiger partial charge is 0.385 e. The summed E-state index contributed by atoms with van der Waals surface area (Å²) in [6.45, 7) is 4.45. The second-order valence-corrected chi connectivity index (χ2v) is 5.13. The lowest BCUT2D eigenvalue weighted by Crippen LogP contribution is -2.33. The van der Waals surface area contributed by atoms with Gasteiger partial charge in [-0.3, -0.25) is 0 Å². The van der Waals surface area contributed by atoms with Crippen LogP contribution in [0, 0.1) is 5.92 Å². The van der Waals surface area contributed by atoms with Gasteiger partial charge in [0, 0.05) is 19.8 Å². The molecule has 0 saturated heterocycles. The van der Waals surface area contributed by atoms with Crippen LogP contribution in [0.5, 0.6) is 0 Å². The van der Waals surface area contributed by atoms with Crippen molar-refractivity contribution in [2.45, 2.75) is 64.3 Å². The van der Waals surface area contributed by atoms with Crippen molar-refractivity contribution >= 4 is 0 Å². The highest BCUT2D eigenvalue weighted by molar-refractivity contribution is 4.76. The smallest absolute Gasteiger partial charge is 0.0462 e. The third-order valence-corrected chi connectivity index (χ3v) is 3.88. The molecule has 2 heteroatoms. The summed E-state index contributed by atoms with van der Waals surface area (Å²) in [5, 5.41) is 3.70. The zero-order valence-corrected chi connectivity index (χ0v) is 11.1. The Morgan fingerprint density at radius 1 is 1.06 bits per heavy atom. The lowest BCUT2D eigenvalue weighted by molar-refractivity contribution is 0.191. The molecule has 0 unspecified atom stereocenters. The number of nitrogens with one attached hydrogen (secondary N) is 1. The summed E-state index contributed by atoms with van der Waals surface area (Å²) in [6, 6.07) is 0.810. The van der Waals surface area contributed by atoms with Crippen molar-refractivity contribution < 1.29 is 4.74 Å². The van der Waals surface area contributed by atoms with E-state index >= 15 is 0 Å². The topological polar surface area (TPSA) is 21.3 Å². The molecule has 1 N–H and O–H groups in total. The van der Waals surface area contributed by atoms with Gasteiger partial charge in [-0.15, -0.1) is 0 Å². The fourth-order valence-electron chi connectivity index (χ4n) is 2.63. The Bertz CT molecular complexity index is 153. The molecule has 0 atom stereocenters. The van der Waals surface area contributed by atoms with Gasteiger partial charge in [0.2, 0.25) is 0 Å². The Balaban J connectivity index is 1.90. The minimum absolute atomic E-state index is 0.810. The van der Waals surface area contributed by atoms with E-state index in [0.29, 0.717) is 0 Å². The van der Waals surface area contributed by atoms with Crippen molar-refractivity contribution in [1.29, 1.82) is 0 Å². The molecule has 0 aromatic carbocycles. The van der Waals surface area contributed by atoms with Crippen molar-refractivity contribution in [3.8, 4) is 0 Å². The van der Waals surface area contributed by atoms with E-state index in [2.05, 4.69) is 12.2 Å². The van der Waals surface area contributed by atoms with Gasteiger partial charge in [-0.05, 0) is 57.4 Å². The minimum atomic E-state index is 0.810. The molecule has 2 nitrogen and oxygen atoms in total. The van der Waals surface area contributed by atoms with Gasteiger partial charge in [0.25, 0.3) is 0 Å². The van der Waals surface area contributed by atoms with Crippen molar-refractivity contribution in [3.63, 3.8) is 0 Å². The molecule has 0 spiro atoms. The fourth-order valence-corrected chi connectivity index (χ4v) is 2.63. The monoisotopic (exact) mass is 227 g/mol. The number of rotatable bonds is 8. The van der Waals surface area contributed by atoms with E-state index < -0.39 is 0 Å². The van der Waals surface area contributed by atoms with Gasteiger partial charge in [0.15, 0.2) is 0 Å². The molecule has 0 heterocycles. The number of hydrogen-bond acceptors (Lipinski definition) is 2. The van der Waals surface area contributed by atoms with Crippen LogP contribution in [0.25, 0.3) is 0 Å². The van der Waals surface area contributed by atoms with Gasteiger partial charge in [-0.1, -0.05) is 13.3 Å². The third-order valence-electron chi connectivity index (χ3n) is 3.88. The predicted octanol–water partition coefficient (Wildman–Crippen LogP) is 3.36. The van der Waals surface area contributed by atoms with Crippen molar-refractivity contribution in [2.24, 2.45) is 5.92 Å². The fraction of sp³-hybridized carbons (Fsp3) is 1.00. The molecule has 1 fully saturated rings. The third kappa shape index (κ3) is 5.86. The summed E-state index contributed by atoms with van der Waals surface area (Å²) in [5.41, 5.74) is 0. The Morgan fingerprint density at radius 3 is 2.44 bits per heavy atom. The SMILES string of the molecule is CCC1CCC(NCCCCCOC)CC1. The number of hydrogen-bond donors (Lipinski definition) is 1. The molecule has 0 aromatic heterocycles. The summed E-state index contributed by atoms with van der Waals surface area (Å²) in [6.07, 6.45) is 10.9. The molecule has 16 heavy (non-hydrogen) atoms. The first kappa shape index (κ1) is 14.0. The highest BCUT2D eigenvalue weighted by Gasteiger charge is 2.18. The second-order valence-electron chi connectivity index (χ2n) is 5.13. The minimum Gasteiger partial charge on any atom is -0.385 e. The zero-order valence-electron chi connectivity index (χ0n) is 11.1. The van der Waals surface area contributed by atoms with E-state index in [-0.39, 0.29) is 0 Å². The predicted molar refractivity (Wildman–Crippen MR) is 69.8 cm³/mol. The number of ether oxygens (including phenoxy) is 1. The van der Waals surface area contributed by atoms with Crippen LogP contribution in [0.15, 0.2) is 0 Å². The first-order valence-corrected chi connectivity index (χ1v) is 7.09. The van der Waals surface area contributed by atoms with Gasteiger partial charge in [-0.25, -0.2) is 0 Å². The van der Waals surface area contributed by atoms with Crippen LogP contribution in [-0.2, 0) is 4.74 Å². The lowest BCUT2D eigenvalue weighted by atomic mass is 9.84. The summed E-state index contributed by atoms with van der Waals surface area (Å²) < 4.78 is 5.04. The first-order valence-electron chi connectivity index (χ1n) is 7.09. The maximum absolute atomic E-state index is 5.04. The van der Waals surface area contributed by atoms with Gasteiger partial charge in [-0.2, -0.15) is 0 Å². The molecule has 96 valence electrons. The Labute approximate surface area is 101 Å². The van der Waals surface area contributed by atoms with E-state index in [0.717, 1.165) is 18.6 Å². The molecule has 1 saturated carbocycles. The maximum Gasteiger partial charge on any atom is 0.0462 e. The molecule has 0 aromatic rings. The molecule has 0 amide bonds. The molecule has 1 aliphatic carbocycles. The highest BCUT2D eigenvalue weighted by atomic mass is 16.5. The lowest BCUT2D eigenvalue weighted by Gasteiger charge is -2.28. The van der Waals surface area contributed by atoms with E-state index in [9.17, 15) is 0 Å². The summed E-state index contributed by atoms with van der Waals surface area (Å²) >= 11 is 0. The van der Waals surface area contributed by atoms with Crippen LogP contribution in [0.2, 0.25) is 0 Å². The van der Waals surface area contributed by atoms with Crippen LogP contribution in [0.1, 0.15) is 58.3 Å². The average molecular weight is 227 g/mol. The molecule has 0 radical (unpaired) electrons. The summed E-state index contributed by atoms with van der Waals surface area (Å²) in [5.74, 6) is 1.01.